The lowest BCUT2D eigenvalue weighted by Gasteiger charge is -2.31. The zero-order chi connectivity index (χ0) is 19.5. The van der Waals surface area contributed by atoms with E-state index in [1.807, 2.05) is 65.7 Å². The van der Waals surface area contributed by atoms with Crippen molar-refractivity contribution in [2.45, 2.75) is 13.0 Å². The van der Waals surface area contributed by atoms with Gasteiger partial charge in [0.05, 0.1) is 18.4 Å². The number of aromatic nitrogens is 2. The second kappa shape index (κ2) is 7.86. The minimum atomic E-state index is 0.0151. The molecular formula is C22H24N4O2. The van der Waals surface area contributed by atoms with Crippen molar-refractivity contribution in [2.24, 2.45) is 0 Å². The van der Waals surface area contributed by atoms with Crippen LogP contribution < -0.4 is 10.1 Å². The van der Waals surface area contributed by atoms with E-state index in [1.165, 1.54) is 0 Å². The second-order valence-corrected chi connectivity index (χ2v) is 7.01. The number of rotatable bonds is 4. The van der Waals surface area contributed by atoms with Crippen molar-refractivity contribution in [3.63, 3.8) is 0 Å². The number of hydrogen-bond acceptors (Lipinski definition) is 4. The van der Waals surface area contributed by atoms with E-state index in [0.29, 0.717) is 24.3 Å². The zero-order valence-electron chi connectivity index (χ0n) is 16.1. The Kier molecular flexibility index (Phi) is 5.12. The van der Waals surface area contributed by atoms with Crippen LogP contribution in [0.4, 0.5) is 0 Å². The second-order valence-electron chi connectivity index (χ2n) is 7.01. The molecule has 1 aromatic heterocycles. The number of benzene rings is 2. The van der Waals surface area contributed by atoms with E-state index >= 15 is 0 Å². The van der Waals surface area contributed by atoms with Crippen LogP contribution in [0.5, 0.6) is 5.75 Å². The van der Waals surface area contributed by atoms with Crippen LogP contribution in [0.15, 0.2) is 60.8 Å². The van der Waals surface area contributed by atoms with Crippen LogP contribution in [0, 0.1) is 0 Å². The molecule has 1 fully saturated rings. The Labute approximate surface area is 164 Å². The maximum atomic E-state index is 13.3. The molecule has 1 saturated heterocycles. The normalized spacial score (nSPS) is 16.8. The van der Waals surface area contributed by atoms with Crippen LogP contribution in [0.2, 0.25) is 0 Å². The summed E-state index contributed by atoms with van der Waals surface area (Å²) in [4.78, 5) is 15.2. The quantitative estimate of drug-likeness (QED) is 0.761. The molecule has 144 valence electrons. The van der Waals surface area contributed by atoms with Gasteiger partial charge in [0.15, 0.2) is 0 Å². The summed E-state index contributed by atoms with van der Waals surface area (Å²) in [5, 5.41) is 8.13. The number of carbonyl (C=O) groups excluding carboxylic acids is 1. The van der Waals surface area contributed by atoms with Gasteiger partial charge in [-0.1, -0.05) is 18.2 Å². The first-order chi connectivity index (χ1) is 13.7. The SMILES string of the molecule is COc1ccc(-c2nn(-c3ccccc3)cc2C(=O)N2CCNC(C)C2)cc1. The van der Waals surface area contributed by atoms with Gasteiger partial charge < -0.3 is 15.0 Å². The van der Waals surface area contributed by atoms with Gasteiger partial charge in [0.25, 0.3) is 5.91 Å². The van der Waals surface area contributed by atoms with E-state index < -0.39 is 0 Å². The lowest BCUT2D eigenvalue weighted by atomic mass is 10.1. The number of hydrogen-bond donors (Lipinski definition) is 1. The molecule has 1 aliphatic rings. The molecule has 28 heavy (non-hydrogen) atoms. The summed E-state index contributed by atoms with van der Waals surface area (Å²) >= 11 is 0. The maximum absolute atomic E-state index is 13.3. The summed E-state index contributed by atoms with van der Waals surface area (Å²) in [6, 6.07) is 17.8. The summed E-state index contributed by atoms with van der Waals surface area (Å²) < 4.78 is 7.03. The first-order valence-electron chi connectivity index (χ1n) is 9.48. The average Bonchev–Trinajstić information content (AvgIpc) is 3.19. The van der Waals surface area contributed by atoms with Gasteiger partial charge in [-0.2, -0.15) is 5.10 Å². The van der Waals surface area contributed by atoms with Crippen molar-refractivity contribution in [3.05, 3.63) is 66.4 Å². The number of para-hydroxylation sites is 1. The van der Waals surface area contributed by atoms with E-state index in [1.54, 1.807) is 11.8 Å². The predicted octanol–water partition coefficient (Wildman–Crippen LogP) is 2.98. The third-order valence-corrected chi connectivity index (χ3v) is 4.98. The smallest absolute Gasteiger partial charge is 0.257 e. The van der Waals surface area contributed by atoms with Crippen molar-refractivity contribution < 1.29 is 9.53 Å². The molecule has 2 heterocycles. The number of piperazine rings is 1. The van der Waals surface area contributed by atoms with Crippen molar-refractivity contribution >= 4 is 5.91 Å². The standard InChI is InChI=1S/C22H24N4O2/c1-16-14-25(13-12-23-16)22(27)20-15-26(18-6-4-3-5-7-18)24-21(20)17-8-10-19(28-2)11-9-17/h3-11,15-16,23H,12-14H2,1-2H3. The van der Waals surface area contributed by atoms with E-state index in [2.05, 4.69) is 12.2 Å². The van der Waals surface area contributed by atoms with Crippen LogP contribution in [0.25, 0.3) is 16.9 Å². The zero-order valence-corrected chi connectivity index (χ0v) is 16.1. The van der Waals surface area contributed by atoms with Crippen LogP contribution in [0.1, 0.15) is 17.3 Å². The van der Waals surface area contributed by atoms with Gasteiger partial charge in [0, 0.05) is 37.4 Å². The summed E-state index contributed by atoms with van der Waals surface area (Å²) in [6.45, 7) is 4.29. The third-order valence-electron chi connectivity index (χ3n) is 4.98. The van der Waals surface area contributed by atoms with Gasteiger partial charge in [-0.05, 0) is 43.3 Å². The molecule has 6 nitrogen and oxygen atoms in total. The molecule has 1 N–H and O–H groups in total. The summed E-state index contributed by atoms with van der Waals surface area (Å²) in [5.74, 6) is 0.788. The van der Waals surface area contributed by atoms with Crippen LogP contribution in [-0.2, 0) is 0 Å². The van der Waals surface area contributed by atoms with Gasteiger partial charge >= 0.3 is 0 Å². The molecule has 0 bridgehead atoms. The number of nitrogens with zero attached hydrogens (tertiary/aromatic N) is 3. The van der Waals surface area contributed by atoms with E-state index in [4.69, 9.17) is 9.84 Å². The molecular weight excluding hydrogens is 352 g/mol. The number of carbonyl (C=O) groups is 1. The van der Waals surface area contributed by atoms with E-state index in [0.717, 1.165) is 23.5 Å². The summed E-state index contributed by atoms with van der Waals surface area (Å²) in [6.07, 6.45) is 1.84. The minimum Gasteiger partial charge on any atom is -0.497 e. The molecule has 6 heteroatoms. The summed E-state index contributed by atoms with van der Waals surface area (Å²) in [5.41, 5.74) is 3.11. The van der Waals surface area contributed by atoms with Crippen molar-refractivity contribution in [3.8, 4) is 22.7 Å². The Morgan fingerprint density at radius 3 is 2.57 bits per heavy atom. The predicted molar refractivity (Wildman–Crippen MR) is 109 cm³/mol. The highest BCUT2D eigenvalue weighted by molar-refractivity contribution is 6.00. The Bertz CT molecular complexity index is 950. The third kappa shape index (κ3) is 3.64. The molecule has 0 saturated carbocycles. The summed E-state index contributed by atoms with van der Waals surface area (Å²) in [7, 11) is 1.64. The van der Waals surface area contributed by atoms with Crippen molar-refractivity contribution in [1.82, 2.24) is 20.0 Å². The highest BCUT2D eigenvalue weighted by atomic mass is 16.5. The van der Waals surface area contributed by atoms with Gasteiger partial charge in [-0.25, -0.2) is 4.68 Å². The van der Waals surface area contributed by atoms with Gasteiger partial charge in [0.1, 0.15) is 11.4 Å². The number of nitrogens with one attached hydrogen (secondary N) is 1. The van der Waals surface area contributed by atoms with Gasteiger partial charge in [0.2, 0.25) is 0 Å². The van der Waals surface area contributed by atoms with Crippen LogP contribution in [0.3, 0.4) is 0 Å². The molecule has 0 spiro atoms. The fourth-order valence-corrected chi connectivity index (χ4v) is 3.49. The molecule has 0 aliphatic carbocycles. The lowest BCUT2D eigenvalue weighted by molar-refractivity contribution is 0.0710. The fourth-order valence-electron chi connectivity index (χ4n) is 3.49. The van der Waals surface area contributed by atoms with E-state index in [-0.39, 0.29) is 11.9 Å². The highest BCUT2D eigenvalue weighted by Gasteiger charge is 2.26. The van der Waals surface area contributed by atoms with Gasteiger partial charge in [-0.15, -0.1) is 0 Å². The molecule has 1 amide bonds. The molecule has 4 rings (SSSR count). The molecule has 0 radical (unpaired) electrons. The number of methoxy groups -OCH3 is 1. The molecule has 2 aromatic carbocycles. The highest BCUT2D eigenvalue weighted by Crippen LogP contribution is 2.27. The molecule has 3 aromatic rings. The topological polar surface area (TPSA) is 59.4 Å². The first-order valence-corrected chi connectivity index (χ1v) is 9.48. The van der Waals surface area contributed by atoms with Crippen LogP contribution in [-0.4, -0.2) is 53.4 Å². The average molecular weight is 376 g/mol. The monoisotopic (exact) mass is 376 g/mol. The van der Waals surface area contributed by atoms with E-state index in [9.17, 15) is 4.79 Å². The lowest BCUT2D eigenvalue weighted by Crippen LogP contribution is -2.51. The molecule has 1 aliphatic heterocycles. The van der Waals surface area contributed by atoms with Crippen molar-refractivity contribution in [1.29, 1.82) is 0 Å². The Morgan fingerprint density at radius 1 is 1.14 bits per heavy atom. The maximum Gasteiger partial charge on any atom is 0.257 e. The molecule has 1 unspecified atom stereocenters. The van der Waals surface area contributed by atoms with Crippen LogP contribution >= 0.6 is 0 Å². The Balaban J connectivity index is 1.76. The minimum absolute atomic E-state index is 0.0151. The first kappa shape index (κ1) is 18.3. The van der Waals surface area contributed by atoms with Gasteiger partial charge in [-0.3, -0.25) is 4.79 Å². The number of ether oxygens (including phenoxy) is 1. The van der Waals surface area contributed by atoms with Crippen molar-refractivity contribution in [2.75, 3.05) is 26.7 Å². The Hall–Kier alpha value is -3.12. The largest absolute Gasteiger partial charge is 0.497 e. The number of amides is 1. The molecule has 1 atom stereocenters. The Morgan fingerprint density at radius 2 is 1.89 bits per heavy atom. The fraction of sp³-hybridized carbons (Fsp3) is 0.273.